The molecular formula is C28H32ClN3O4S. The molecule has 196 valence electrons. The fourth-order valence-electron chi connectivity index (χ4n) is 4.04. The van der Waals surface area contributed by atoms with Gasteiger partial charge in [-0.25, -0.2) is 12.7 Å². The number of nitrogens with zero attached hydrogens (tertiary/aromatic N) is 2. The molecule has 2 amide bonds. The van der Waals surface area contributed by atoms with Gasteiger partial charge in [0.2, 0.25) is 21.8 Å². The Balaban J connectivity index is 1.78. The van der Waals surface area contributed by atoms with Crippen molar-refractivity contribution in [3.8, 4) is 0 Å². The summed E-state index contributed by atoms with van der Waals surface area (Å²) in [6.45, 7) is 0.361. The van der Waals surface area contributed by atoms with Gasteiger partial charge in [0.15, 0.2) is 0 Å². The van der Waals surface area contributed by atoms with Crippen LogP contribution in [-0.4, -0.2) is 56.1 Å². The minimum atomic E-state index is -3.66. The van der Waals surface area contributed by atoms with E-state index in [0.717, 1.165) is 11.1 Å². The number of amides is 2. The molecule has 1 atom stereocenters. The first-order chi connectivity index (χ1) is 17.7. The summed E-state index contributed by atoms with van der Waals surface area (Å²) >= 11 is 6.17. The van der Waals surface area contributed by atoms with Gasteiger partial charge >= 0.3 is 0 Å². The molecule has 0 fully saturated rings. The number of carbonyl (C=O) groups is 2. The Morgan fingerprint density at radius 1 is 0.919 bits per heavy atom. The molecule has 0 unspecified atom stereocenters. The van der Waals surface area contributed by atoms with Crippen LogP contribution in [0.1, 0.15) is 24.0 Å². The minimum Gasteiger partial charge on any atom is -0.357 e. The number of nitrogens with one attached hydrogen (secondary N) is 1. The van der Waals surface area contributed by atoms with Gasteiger partial charge in [-0.15, -0.1) is 0 Å². The number of sulfonamides is 1. The number of rotatable bonds is 12. The first-order valence-electron chi connectivity index (χ1n) is 12.0. The lowest BCUT2D eigenvalue weighted by molar-refractivity contribution is -0.141. The van der Waals surface area contributed by atoms with Crippen molar-refractivity contribution in [2.75, 3.05) is 20.6 Å². The SMILES string of the molecule is CNC(=O)[C@@H](Cc1ccccc1)N(Cc1cccc(Cl)c1)C(=O)CCCN(C)S(=O)(=O)c1ccccc1. The summed E-state index contributed by atoms with van der Waals surface area (Å²) in [6, 6.07) is 24.1. The summed E-state index contributed by atoms with van der Waals surface area (Å²) in [6.07, 6.45) is 0.728. The third-order valence-electron chi connectivity index (χ3n) is 6.07. The van der Waals surface area contributed by atoms with E-state index in [-0.39, 0.29) is 36.2 Å². The Morgan fingerprint density at radius 2 is 1.54 bits per heavy atom. The molecule has 3 rings (SSSR count). The first-order valence-corrected chi connectivity index (χ1v) is 13.8. The third kappa shape index (κ3) is 7.89. The summed E-state index contributed by atoms with van der Waals surface area (Å²) in [5.41, 5.74) is 1.72. The predicted octanol–water partition coefficient (Wildman–Crippen LogP) is 4.13. The van der Waals surface area contributed by atoms with Gasteiger partial charge in [0.05, 0.1) is 4.90 Å². The molecule has 0 aliphatic carbocycles. The van der Waals surface area contributed by atoms with Crippen LogP contribution in [0.15, 0.2) is 89.8 Å². The fraction of sp³-hybridized carbons (Fsp3) is 0.286. The number of likely N-dealkylation sites (N-methyl/N-ethyl adjacent to an activating group) is 1. The molecule has 1 N–H and O–H groups in total. The van der Waals surface area contributed by atoms with E-state index in [1.807, 2.05) is 36.4 Å². The van der Waals surface area contributed by atoms with Crippen molar-refractivity contribution < 1.29 is 18.0 Å². The standard InChI is InChI=1S/C28H32ClN3O4S/c1-30-28(34)26(20-22-11-5-3-6-12-22)32(21-23-13-9-14-24(29)19-23)27(33)17-10-18-31(2)37(35,36)25-15-7-4-8-16-25/h3-9,11-16,19,26H,10,17-18,20-21H2,1-2H3,(H,30,34)/t26-/m1/s1. The van der Waals surface area contributed by atoms with Crippen LogP contribution >= 0.6 is 11.6 Å². The molecule has 37 heavy (non-hydrogen) atoms. The Morgan fingerprint density at radius 3 is 2.16 bits per heavy atom. The van der Waals surface area contributed by atoms with Crippen molar-refractivity contribution in [3.05, 3.63) is 101 Å². The summed E-state index contributed by atoms with van der Waals surface area (Å²) in [7, 11) is -0.609. The Labute approximate surface area is 224 Å². The second kappa shape index (κ2) is 13.4. The molecule has 0 saturated carbocycles. The molecule has 0 aliphatic rings. The lowest BCUT2D eigenvalue weighted by Gasteiger charge is -2.31. The van der Waals surface area contributed by atoms with Crippen molar-refractivity contribution in [2.24, 2.45) is 0 Å². The van der Waals surface area contributed by atoms with Gasteiger partial charge in [-0.3, -0.25) is 9.59 Å². The lowest BCUT2D eigenvalue weighted by atomic mass is 10.0. The van der Waals surface area contributed by atoms with Crippen molar-refractivity contribution in [1.29, 1.82) is 0 Å². The highest BCUT2D eigenvalue weighted by atomic mass is 35.5. The largest absolute Gasteiger partial charge is 0.357 e. The fourth-order valence-corrected chi connectivity index (χ4v) is 5.49. The molecule has 3 aromatic carbocycles. The van der Waals surface area contributed by atoms with Crippen molar-refractivity contribution >= 4 is 33.4 Å². The maximum Gasteiger partial charge on any atom is 0.242 e. The van der Waals surface area contributed by atoms with E-state index in [1.165, 1.54) is 11.4 Å². The van der Waals surface area contributed by atoms with E-state index >= 15 is 0 Å². The molecular weight excluding hydrogens is 510 g/mol. The van der Waals surface area contributed by atoms with Crippen LogP contribution in [0.3, 0.4) is 0 Å². The monoisotopic (exact) mass is 541 g/mol. The Kier molecular flexibility index (Phi) is 10.3. The molecule has 0 bridgehead atoms. The number of carbonyl (C=O) groups excluding carboxylic acids is 2. The van der Waals surface area contributed by atoms with Crippen molar-refractivity contribution in [2.45, 2.75) is 36.7 Å². The highest BCUT2D eigenvalue weighted by molar-refractivity contribution is 7.89. The molecule has 0 radical (unpaired) electrons. The van der Waals surface area contributed by atoms with Gasteiger partial charge in [-0.2, -0.15) is 0 Å². The smallest absolute Gasteiger partial charge is 0.242 e. The molecule has 9 heteroatoms. The number of hydrogen-bond acceptors (Lipinski definition) is 4. The summed E-state index contributed by atoms with van der Waals surface area (Å²) in [5.74, 6) is -0.516. The van der Waals surface area contributed by atoms with E-state index in [0.29, 0.717) is 17.9 Å². The molecule has 0 spiro atoms. The van der Waals surface area contributed by atoms with Gasteiger partial charge in [0.1, 0.15) is 6.04 Å². The average molecular weight is 542 g/mol. The van der Waals surface area contributed by atoms with Crippen molar-refractivity contribution in [1.82, 2.24) is 14.5 Å². The van der Waals surface area contributed by atoms with Crippen LogP contribution in [0.2, 0.25) is 5.02 Å². The van der Waals surface area contributed by atoms with Crippen LogP contribution in [0.5, 0.6) is 0 Å². The van der Waals surface area contributed by atoms with Gasteiger partial charge in [-0.1, -0.05) is 72.3 Å². The summed E-state index contributed by atoms with van der Waals surface area (Å²) in [4.78, 5) is 28.3. The van der Waals surface area contributed by atoms with E-state index in [1.54, 1.807) is 60.5 Å². The maximum atomic E-state index is 13.5. The predicted molar refractivity (Wildman–Crippen MR) is 145 cm³/mol. The second-order valence-electron chi connectivity index (χ2n) is 8.71. The quantitative estimate of drug-likeness (QED) is 0.373. The molecule has 0 saturated heterocycles. The third-order valence-corrected chi connectivity index (χ3v) is 8.18. The highest BCUT2D eigenvalue weighted by Crippen LogP contribution is 2.19. The molecule has 3 aromatic rings. The van der Waals surface area contributed by atoms with Crippen LogP contribution in [-0.2, 0) is 32.6 Å². The zero-order valence-electron chi connectivity index (χ0n) is 21.0. The lowest BCUT2D eigenvalue weighted by Crippen LogP contribution is -2.49. The molecule has 0 heterocycles. The maximum absolute atomic E-state index is 13.5. The van der Waals surface area contributed by atoms with E-state index in [9.17, 15) is 18.0 Å². The Bertz CT molecular complexity index is 1290. The van der Waals surface area contributed by atoms with Crippen LogP contribution in [0, 0.1) is 0 Å². The second-order valence-corrected chi connectivity index (χ2v) is 11.2. The van der Waals surface area contributed by atoms with E-state index in [2.05, 4.69) is 5.32 Å². The highest BCUT2D eigenvalue weighted by Gasteiger charge is 2.30. The topological polar surface area (TPSA) is 86.8 Å². The first kappa shape index (κ1) is 28.4. The number of hydrogen-bond donors (Lipinski definition) is 1. The van der Waals surface area contributed by atoms with Gasteiger partial charge in [-0.05, 0) is 41.8 Å². The molecule has 7 nitrogen and oxygen atoms in total. The number of benzene rings is 3. The van der Waals surface area contributed by atoms with E-state index < -0.39 is 16.1 Å². The van der Waals surface area contributed by atoms with Crippen LogP contribution < -0.4 is 5.32 Å². The van der Waals surface area contributed by atoms with Gasteiger partial charge in [0.25, 0.3) is 0 Å². The van der Waals surface area contributed by atoms with Crippen molar-refractivity contribution in [3.63, 3.8) is 0 Å². The summed E-state index contributed by atoms with van der Waals surface area (Å²) in [5, 5.41) is 3.22. The molecule has 0 aliphatic heterocycles. The van der Waals surface area contributed by atoms with Gasteiger partial charge < -0.3 is 10.2 Å². The van der Waals surface area contributed by atoms with Crippen LogP contribution in [0.25, 0.3) is 0 Å². The summed E-state index contributed by atoms with van der Waals surface area (Å²) < 4.78 is 26.9. The van der Waals surface area contributed by atoms with Gasteiger partial charge in [0, 0.05) is 45.0 Å². The normalized spacial score (nSPS) is 12.2. The average Bonchev–Trinajstić information content (AvgIpc) is 2.91. The van der Waals surface area contributed by atoms with Crippen LogP contribution in [0.4, 0.5) is 0 Å². The zero-order valence-corrected chi connectivity index (χ0v) is 22.6. The zero-order chi connectivity index (χ0) is 26.8. The Hall–Kier alpha value is -3.20. The van der Waals surface area contributed by atoms with E-state index in [4.69, 9.17) is 11.6 Å². The molecule has 0 aromatic heterocycles. The minimum absolute atomic E-state index is 0.0809. The number of halogens is 1.